The summed E-state index contributed by atoms with van der Waals surface area (Å²) < 4.78 is 2.14. The van der Waals surface area contributed by atoms with Crippen molar-refractivity contribution >= 4 is 16.9 Å². The molecule has 1 saturated carbocycles. The van der Waals surface area contributed by atoms with Crippen LogP contribution in [0.1, 0.15) is 51.5 Å². The van der Waals surface area contributed by atoms with Crippen molar-refractivity contribution < 1.29 is 9.90 Å². The molecule has 30 heavy (non-hydrogen) atoms. The third kappa shape index (κ3) is 3.39. The summed E-state index contributed by atoms with van der Waals surface area (Å²) in [7, 11) is 2.06. The van der Waals surface area contributed by atoms with Crippen LogP contribution >= 0.6 is 0 Å². The maximum atomic E-state index is 11.9. The van der Waals surface area contributed by atoms with Gasteiger partial charge >= 0.3 is 5.97 Å². The number of nitrogens with zero attached hydrogens (tertiary/aromatic N) is 2. The molecule has 0 amide bonds. The van der Waals surface area contributed by atoms with Gasteiger partial charge in [0.15, 0.2) is 0 Å². The van der Waals surface area contributed by atoms with E-state index in [4.69, 9.17) is 0 Å². The quantitative estimate of drug-likeness (QED) is 0.470. The molecule has 5 rings (SSSR count). The van der Waals surface area contributed by atoms with E-state index in [1.54, 1.807) is 0 Å². The van der Waals surface area contributed by atoms with Crippen LogP contribution in [0, 0.1) is 6.92 Å². The molecule has 2 heterocycles. The molecule has 0 saturated heterocycles. The lowest BCUT2D eigenvalue weighted by Crippen LogP contribution is -2.07. The topological polar surface area (TPSA) is 55.1 Å². The van der Waals surface area contributed by atoms with Gasteiger partial charge in [0.2, 0.25) is 0 Å². The van der Waals surface area contributed by atoms with Gasteiger partial charge in [0.05, 0.1) is 16.8 Å². The van der Waals surface area contributed by atoms with E-state index in [1.807, 2.05) is 12.3 Å². The minimum atomic E-state index is -0.903. The molecule has 0 radical (unpaired) electrons. The van der Waals surface area contributed by atoms with Crippen LogP contribution in [0.5, 0.6) is 0 Å². The van der Waals surface area contributed by atoms with E-state index in [2.05, 4.69) is 72.2 Å². The van der Waals surface area contributed by atoms with Gasteiger partial charge in [-0.25, -0.2) is 4.79 Å². The first-order chi connectivity index (χ1) is 14.5. The fourth-order valence-corrected chi connectivity index (χ4v) is 4.23. The maximum absolute atomic E-state index is 11.9. The van der Waals surface area contributed by atoms with E-state index in [-0.39, 0.29) is 0 Å². The molecule has 0 unspecified atom stereocenters. The highest BCUT2D eigenvalue weighted by atomic mass is 16.4. The standard InChI is InChI=1S/C26H24N2O2/c1-16-3-5-19(6-4-16)22-12-17(11-20-9-10-28(2)25(20)22)13-24-23(26(29)30)14-21(15-27-24)18-7-8-18/h3-6,9-12,14-15,18H,7-8,13H2,1-2H3,(H,29,30). The smallest absolute Gasteiger partial charge is 0.337 e. The second kappa shape index (κ2) is 7.13. The van der Waals surface area contributed by atoms with Crippen LogP contribution in [0.15, 0.2) is 60.9 Å². The normalized spacial score (nSPS) is 13.7. The minimum Gasteiger partial charge on any atom is -0.478 e. The number of carbonyl (C=O) groups is 1. The second-order valence-corrected chi connectivity index (χ2v) is 8.39. The summed E-state index contributed by atoms with van der Waals surface area (Å²) in [5.74, 6) is -0.419. The Morgan fingerprint density at radius 3 is 2.60 bits per heavy atom. The van der Waals surface area contributed by atoms with Crippen molar-refractivity contribution in [3.8, 4) is 11.1 Å². The number of carboxylic acids is 1. The lowest BCUT2D eigenvalue weighted by Gasteiger charge is -2.12. The van der Waals surface area contributed by atoms with Gasteiger partial charge in [0, 0.05) is 36.8 Å². The average molecular weight is 396 g/mol. The molecule has 150 valence electrons. The van der Waals surface area contributed by atoms with Crippen molar-refractivity contribution in [2.45, 2.75) is 32.1 Å². The molecular formula is C26H24N2O2. The average Bonchev–Trinajstić information content (AvgIpc) is 3.52. The molecule has 2 aromatic heterocycles. The number of fused-ring (bicyclic) bond motifs is 1. The molecule has 1 fully saturated rings. The molecular weight excluding hydrogens is 372 g/mol. The summed E-state index contributed by atoms with van der Waals surface area (Å²) in [5.41, 5.74) is 7.78. The van der Waals surface area contributed by atoms with E-state index in [0.717, 1.165) is 40.5 Å². The van der Waals surface area contributed by atoms with E-state index >= 15 is 0 Å². The molecule has 0 spiro atoms. The summed E-state index contributed by atoms with van der Waals surface area (Å²) in [5, 5.41) is 10.9. The van der Waals surface area contributed by atoms with E-state index in [9.17, 15) is 9.90 Å². The van der Waals surface area contributed by atoms with Gasteiger partial charge in [-0.1, -0.05) is 29.8 Å². The van der Waals surface area contributed by atoms with Crippen LogP contribution in [-0.4, -0.2) is 20.6 Å². The molecule has 4 heteroatoms. The van der Waals surface area contributed by atoms with Gasteiger partial charge in [0.1, 0.15) is 0 Å². The number of aromatic carboxylic acids is 1. The van der Waals surface area contributed by atoms with Crippen molar-refractivity contribution in [1.82, 2.24) is 9.55 Å². The predicted molar refractivity (Wildman–Crippen MR) is 119 cm³/mol. The number of aromatic nitrogens is 2. The van der Waals surface area contributed by atoms with Crippen molar-refractivity contribution in [3.05, 3.63) is 88.9 Å². The Kier molecular flexibility index (Phi) is 4.43. The summed E-state index contributed by atoms with van der Waals surface area (Å²) in [6.07, 6.45) is 6.69. The third-order valence-electron chi connectivity index (χ3n) is 6.03. The van der Waals surface area contributed by atoms with Gasteiger partial charge in [-0.15, -0.1) is 0 Å². The van der Waals surface area contributed by atoms with Gasteiger partial charge in [-0.05, 0) is 66.6 Å². The van der Waals surface area contributed by atoms with Crippen molar-refractivity contribution in [2.24, 2.45) is 7.05 Å². The largest absolute Gasteiger partial charge is 0.478 e. The number of hydrogen-bond donors (Lipinski definition) is 1. The molecule has 0 atom stereocenters. The fourth-order valence-electron chi connectivity index (χ4n) is 4.23. The predicted octanol–water partition coefficient (Wildman–Crippen LogP) is 5.72. The van der Waals surface area contributed by atoms with Crippen LogP contribution in [-0.2, 0) is 13.5 Å². The van der Waals surface area contributed by atoms with Gasteiger partial charge < -0.3 is 9.67 Å². The zero-order valence-corrected chi connectivity index (χ0v) is 17.2. The maximum Gasteiger partial charge on any atom is 0.337 e. The van der Waals surface area contributed by atoms with Crippen molar-refractivity contribution in [1.29, 1.82) is 0 Å². The number of hydrogen-bond acceptors (Lipinski definition) is 2. The third-order valence-corrected chi connectivity index (χ3v) is 6.03. The summed E-state index contributed by atoms with van der Waals surface area (Å²) in [6.45, 7) is 2.09. The Hall–Kier alpha value is -3.40. The van der Waals surface area contributed by atoms with Crippen LogP contribution in [0.2, 0.25) is 0 Å². The van der Waals surface area contributed by atoms with Gasteiger partial charge in [0.25, 0.3) is 0 Å². The van der Waals surface area contributed by atoms with Crippen LogP contribution in [0.3, 0.4) is 0 Å². The summed E-state index contributed by atoms with van der Waals surface area (Å²) in [4.78, 5) is 16.5. The number of pyridine rings is 1. The SMILES string of the molecule is Cc1ccc(-c2cc(Cc3ncc(C4CC4)cc3C(=O)O)cc3ccn(C)c23)cc1. The van der Waals surface area contributed by atoms with Crippen molar-refractivity contribution in [3.63, 3.8) is 0 Å². The highest BCUT2D eigenvalue weighted by Crippen LogP contribution is 2.40. The van der Waals surface area contributed by atoms with Gasteiger partial charge in [-0.2, -0.15) is 0 Å². The monoisotopic (exact) mass is 396 g/mol. The first-order valence-corrected chi connectivity index (χ1v) is 10.4. The first kappa shape index (κ1) is 18.6. The van der Waals surface area contributed by atoms with Crippen LogP contribution < -0.4 is 0 Å². The highest BCUT2D eigenvalue weighted by Gasteiger charge is 2.26. The van der Waals surface area contributed by atoms with Crippen molar-refractivity contribution in [2.75, 3.05) is 0 Å². The first-order valence-electron chi connectivity index (χ1n) is 10.4. The Morgan fingerprint density at radius 1 is 1.13 bits per heavy atom. The van der Waals surface area contributed by atoms with E-state index < -0.39 is 5.97 Å². The Balaban J connectivity index is 1.60. The molecule has 4 aromatic rings. The molecule has 2 aromatic carbocycles. The minimum absolute atomic E-state index is 0.324. The zero-order chi connectivity index (χ0) is 20.8. The molecule has 0 aliphatic heterocycles. The van der Waals surface area contributed by atoms with Crippen LogP contribution in [0.25, 0.3) is 22.0 Å². The van der Waals surface area contributed by atoms with E-state index in [0.29, 0.717) is 23.6 Å². The molecule has 4 nitrogen and oxygen atoms in total. The van der Waals surface area contributed by atoms with Crippen LogP contribution in [0.4, 0.5) is 0 Å². The lowest BCUT2D eigenvalue weighted by atomic mass is 9.96. The number of benzene rings is 2. The number of rotatable bonds is 5. The lowest BCUT2D eigenvalue weighted by molar-refractivity contribution is 0.0695. The molecule has 1 aliphatic carbocycles. The second-order valence-electron chi connectivity index (χ2n) is 8.39. The molecule has 1 aliphatic rings. The van der Waals surface area contributed by atoms with E-state index in [1.165, 1.54) is 11.1 Å². The Labute approximate surface area is 175 Å². The summed E-state index contributed by atoms with van der Waals surface area (Å²) in [6, 6.07) is 16.8. The Bertz CT molecular complexity index is 1260. The fraction of sp³-hybridized carbons (Fsp3) is 0.231. The molecule has 1 N–H and O–H groups in total. The number of carboxylic acid groups (broad SMARTS) is 1. The molecule has 0 bridgehead atoms. The number of aryl methyl sites for hydroxylation is 2. The highest BCUT2D eigenvalue weighted by molar-refractivity contribution is 5.95. The van der Waals surface area contributed by atoms with Gasteiger partial charge in [-0.3, -0.25) is 4.98 Å². The zero-order valence-electron chi connectivity index (χ0n) is 17.2. The summed E-state index contributed by atoms with van der Waals surface area (Å²) >= 11 is 0. The Morgan fingerprint density at radius 2 is 1.90 bits per heavy atom.